The number of piperazine rings is 1. The maximum atomic E-state index is 11.3. The van der Waals surface area contributed by atoms with Crippen molar-refractivity contribution in [1.29, 1.82) is 0 Å². The Morgan fingerprint density at radius 3 is 2.53 bits per heavy atom. The fraction of sp³-hybridized carbons (Fsp3) is 0.818. The molecule has 1 unspecified atom stereocenters. The summed E-state index contributed by atoms with van der Waals surface area (Å²) in [6.45, 7) is 3.44. The number of carbonyl (C=O) groups excluding carboxylic acids is 1. The van der Waals surface area contributed by atoms with Gasteiger partial charge in [0, 0.05) is 32.7 Å². The van der Waals surface area contributed by atoms with E-state index >= 15 is 0 Å². The molecule has 1 atom stereocenters. The normalized spacial score (nSPS) is 26.2. The van der Waals surface area contributed by atoms with Gasteiger partial charge in [-0.3, -0.25) is 4.79 Å². The lowest BCUT2D eigenvalue weighted by molar-refractivity contribution is -0.119. The summed E-state index contributed by atoms with van der Waals surface area (Å²) in [5, 5.41) is 3.81. The summed E-state index contributed by atoms with van der Waals surface area (Å²) in [5.41, 5.74) is 0. The van der Waals surface area contributed by atoms with Crippen molar-refractivity contribution >= 4 is 33.6 Å². The molecular formula is C11H19N3O3S2. The van der Waals surface area contributed by atoms with Crippen LogP contribution in [0.2, 0.25) is 0 Å². The first-order chi connectivity index (χ1) is 9.00. The van der Waals surface area contributed by atoms with Gasteiger partial charge in [-0.1, -0.05) is 0 Å². The van der Waals surface area contributed by atoms with Crippen LogP contribution in [0.3, 0.4) is 0 Å². The maximum Gasteiger partial charge on any atom is 0.209 e. The van der Waals surface area contributed by atoms with Crippen molar-refractivity contribution in [3.8, 4) is 0 Å². The van der Waals surface area contributed by atoms with Crippen LogP contribution in [0.25, 0.3) is 0 Å². The van der Waals surface area contributed by atoms with Crippen LogP contribution in [0.1, 0.15) is 6.42 Å². The summed E-state index contributed by atoms with van der Waals surface area (Å²) in [4.78, 5) is 14.4. The molecule has 2 fully saturated rings. The third kappa shape index (κ3) is 4.04. The smallest absolute Gasteiger partial charge is 0.209 e. The SMILES string of the molecule is O=CN1CCN(C(=S)NCC2CCS(=O)(=O)C2)CC1. The average Bonchev–Trinajstić information content (AvgIpc) is 2.76. The number of amides is 1. The standard InChI is InChI=1S/C11H19N3O3S2/c15-9-13-2-4-14(5-3-13)11(18)12-7-10-1-6-19(16,17)8-10/h9-10H,1-8H2,(H,12,18). The second-order valence-electron chi connectivity index (χ2n) is 5.08. The van der Waals surface area contributed by atoms with E-state index in [1.807, 2.05) is 4.90 Å². The van der Waals surface area contributed by atoms with Crippen LogP contribution in [0.15, 0.2) is 0 Å². The molecular weight excluding hydrogens is 286 g/mol. The molecule has 108 valence electrons. The molecule has 0 saturated carbocycles. The van der Waals surface area contributed by atoms with Gasteiger partial charge in [0.2, 0.25) is 6.41 Å². The maximum absolute atomic E-state index is 11.3. The van der Waals surface area contributed by atoms with Gasteiger partial charge in [0.05, 0.1) is 11.5 Å². The number of hydrogen-bond donors (Lipinski definition) is 1. The van der Waals surface area contributed by atoms with E-state index in [1.165, 1.54) is 0 Å². The molecule has 0 aromatic rings. The Bertz CT molecular complexity index is 444. The van der Waals surface area contributed by atoms with Gasteiger partial charge in [-0.2, -0.15) is 0 Å². The highest BCUT2D eigenvalue weighted by Crippen LogP contribution is 2.17. The molecule has 0 spiro atoms. The average molecular weight is 305 g/mol. The third-order valence-corrected chi connectivity index (χ3v) is 5.86. The molecule has 19 heavy (non-hydrogen) atoms. The number of thiocarbonyl (C=S) groups is 1. The van der Waals surface area contributed by atoms with Crippen LogP contribution in [0, 0.1) is 5.92 Å². The molecule has 0 aliphatic carbocycles. The van der Waals surface area contributed by atoms with E-state index in [0.717, 1.165) is 25.9 Å². The van der Waals surface area contributed by atoms with E-state index in [1.54, 1.807) is 4.90 Å². The lowest BCUT2D eigenvalue weighted by Gasteiger charge is -2.34. The molecule has 0 aromatic heterocycles. The van der Waals surface area contributed by atoms with Crippen molar-refractivity contribution < 1.29 is 13.2 Å². The van der Waals surface area contributed by atoms with Gasteiger partial charge in [0.25, 0.3) is 0 Å². The summed E-state index contributed by atoms with van der Waals surface area (Å²) in [6, 6.07) is 0. The van der Waals surface area contributed by atoms with Crippen molar-refractivity contribution in [2.24, 2.45) is 5.92 Å². The molecule has 8 heteroatoms. The number of nitrogens with one attached hydrogen (secondary N) is 1. The van der Waals surface area contributed by atoms with Crippen molar-refractivity contribution in [1.82, 2.24) is 15.1 Å². The third-order valence-electron chi connectivity index (χ3n) is 3.62. The summed E-state index contributed by atoms with van der Waals surface area (Å²) >= 11 is 5.30. The van der Waals surface area contributed by atoms with Crippen LogP contribution < -0.4 is 5.32 Å². The fourth-order valence-corrected chi connectivity index (χ4v) is 4.53. The Kier molecular flexibility index (Phi) is 4.62. The Balaban J connectivity index is 1.72. The van der Waals surface area contributed by atoms with E-state index in [-0.39, 0.29) is 11.7 Å². The predicted octanol–water partition coefficient (Wildman–Crippen LogP) is -0.930. The van der Waals surface area contributed by atoms with Crippen LogP contribution in [-0.4, -0.2) is 74.0 Å². The quantitative estimate of drug-likeness (QED) is 0.537. The molecule has 0 aromatic carbocycles. The van der Waals surface area contributed by atoms with Crippen LogP contribution in [-0.2, 0) is 14.6 Å². The van der Waals surface area contributed by atoms with Crippen molar-refractivity contribution in [2.75, 3.05) is 44.2 Å². The van der Waals surface area contributed by atoms with Crippen LogP contribution in [0.5, 0.6) is 0 Å². The Morgan fingerprint density at radius 2 is 2.00 bits per heavy atom. The molecule has 1 N–H and O–H groups in total. The minimum atomic E-state index is -2.82. The second kappa shape index (κ2) is 6.04. The molecule has 0 radical (unpaired) electrons. The minimum Gasteiger partial charge on any atom is -0.362 e. The summed E-state index contributed by atoms with van der Waals surface area (Å²) in [6.07, 6.45) is 1.58. The Morgan fingerprint density at radius 1 is 1.32 bits per heavy atom. The summed E-state index contributed by atoms with van der Waals surface area (Å²) in [7, 11) is -2.82. The zero-order valence-corrected chi connectivity index (χ0v) is 12.4. The van der Waals surface area contributed by atoms with Gasteiger partial charge in [-0.25, -0.2) is 8.42 Å². The highest BCUT2D eigenvalue weighted by Gasteiger charge is 2.28. The Labute approximate surface area is 119 Å². The van der Waals surface area contributed by atoms with Crippen molar-refractivity contribution in [3.63, 3.8) is 0 Å². The van der Waals surface area contributed by atoms with Crippen LogP contribution in [0.4, 0.5) is 0 Å². The Hall–Kier alpha value is -0.890. The van der Waals surface area contributed by atoms with E-state index < -0.39 is 9.84 Å². The lowest BCUT2D eigenvalue weighted by atomic mass is 10.1. The zero-order chi connectivity index (χ0) is 13.9. The molecule has 0 bridgehead atoms. The van der Waals surface area contributed by atoms with E-state index in [2.05, 4.69) is 5.32 Å². The summed E-state index contributed by atoms with van der Waals surface area (Å²) < 4.78 is 22.7. The molecule has 6 nitrogen and oxygen atoms in total. The number of carbonyl (C=O) groups is 1. The monoisotopic (exact) mass is 305 g/mol. The van der Waals surface area contributed by atoms with Gasteiger partial charge in [0.1, 0.15) is 0 Å². The molecule has 2 heterocycles. The van der Waals surface area contributed by atoms with E-state index in [4.69, 9.17) is 12.2 Å². The largest absolute Gasteiger partial charge is 0.362 e. The molecule has 2 saturated heterocycles. The molecule has 2 aliphatic heterocycles. The number of rotatable bonds is 3. The van der Waals surface area contributed by atoms with Crippen LogP contribution >= 0.6 is 12.2 Å². The second-order valence-corrected chi connectivity index (χ2v) is 7.70. The zero-order valence-electron chi connectivity index (χ0n) is 10.7. The van der Waals surface area contributed by atoms with Gasteiger partial charge in [-0.05, 0) is 24.6 Å². The van der Waals surface area contributed by atoms with Crippen molar-refractivity contribution in [3.05, 3.63) is 0 Å². The van der Waals surface area contributed by atoms with E-state index in [9.17, 15) is 13.2 Å². The van der Waals surface area contributed by atoms with Gasteiger partial charge in [-0.15, -0.1) is 0 Å². The summed E-state index contributed by atoms with van der Waals surface area (Å²) in [5.74, 6) is 0.727. The number of sulfone groups is 1. The first kappa shape index (κ1) is 14.5. The molecule has 2 rings (SSSR count). The first-order valence-corrected chi connectivity index (χ1v) is 8.66. The number of nitrogens with zero attached hydrogens (tertiary/aromatic N) is 2. The highest BCUT2D eigenvalue weighted by molar-refractivity contribution is 7.91. The van der Waals surface area contributed by atoms with Gasteiger partial charge in [0.15, 0.2) is 14.9 Å². The van der Waals surface area contributed by atoms with Gasteiger partial charge < -0.3 is 15.1 Å². The molecule has 1 amide bonds. The fourth-order valence-electron chi connectivity index (χ4n) is 2.41. The van der Waals surface area contributed by atoms with E-state index in [0.29, 0.717) is 30.5 Å². The lowest BCUT2D eigenvalue weighted by Crippen LogP contribution is -2.51. The van der Waals surface area contributed by atoms with Crippen molar-refractivity contribution in [2.45, 2.75) is 6.42 Å². The highest BCUT2D eigenvalue weighted by atomic mass is 32.2. The first-order valence-electron chi connectivity index (χ1n) is 6.43. The topological polar surface area (TPSA) is 69.7 Å². The number of hydrogen-bond acceptors (Lipinski definition) is 4. The predicted molar refractivity (Wildman–Crippen MR) is 76.6 cm³/mol. The minimum absolute atomic E-state index is 0.166. The molecule has 2 aliphatic rings. The van der Waals surface area contributed by atoms with Gasteiger partial charge >= 0.3 is 0 Å².